The zero-order chi connectivity index (χ0) is 11.5. The fourth-order valence-corrected chi connectivity index (χ4v) is 1.48. The Morgan fingerprint density at radius 1 is 1.19 bits per heavy atom. The van der Waals surface area contributed by atoms with E-state index in [1.807, 2.05) is 19.1 Å². The maximum absolute atomic E-state index is 12.7. The molecule has 0 aliphatic carbocycles. The molecule has 0 radical (unpaired) electrons. The minimum Gasteiger partial charge on any atom is -0.287 e. The summed E-state index contributed by atoms with van der Waals surface area (Å²) in [6.07, 6.45) is 1.05. The fourth-order valence-electron chi connectivity index (χ4n) is 1.48. The van der Waals surface area contributed by atoms with Crippen molar-refractivity contribution < 1.29 is 9.18 Å². The Bertz CT molecular complexity index is 520. The molecule has 0 saturated heterocycles. The van der Waals surface area contributed by atoms with E-state index >= 15 is 0 Å². The van der Waals surface area contributed by atoms with Crippen LogP contribution in [0.15, 0.2) is 42.6 Å². The van der Waals surface area contributed by atoms with Gasteiger partial charge in [-0.3, -0.25) is 4.79 Å². The van der Waals surface area contributed by atoms with Gasteiger partial charge in [-0.25, -0.2) is 9.37 Å². The highest BCUT2D eigenvalue weighted by molar-refractivity contribution is 6.08. The second kappa shape index (κ2) is 4.23. The maximum atomic E-state index is 12.7. The van der Waals surface area contributed by atoms with Crippen LogP contribution in [0.25, 0.3) is 0 Å². The van der Waals surface area contributed by atoms with Crippen molar-refractivity contribution in [3.8, 4) is 0 Å². The Hall–Kier alpha value is -2.03. The first-order chi connectivity index (χ1) is 7.68. The lowest BCUT2D eigenvalue weighted by atomic mass is 10.0. The predicted molar refractivity (Wildman–Crippen MR) is 58.8 cm³/mol. The molecule has 0 amide bonds. The van der Waals surface area contributed by atoms with Gasteiger partial charge in [-0.05, 0) is 24.6 Å². The number of nitrogens with zero attached hydrogens (tertiary/aromatic N) is 1. The molecule has 0 fully saturated rings. The van der Waals surface area contributed by atoms with Crippen LogP contribution in [0.3, 0.4) is 0 Å². The number of halogens is 1. The summed E-state index contributed by atoms with van der Waals surface area (Å²) in [7, 11) is 0. The molecule has 3 heteroatoms. The second-order valence-corrected chi connectivity index (χ2v) is 3.51. The lowest BCUT2D eigenvalue weighted by Crippen LogP contribution is -2.05. The van der Waals surface area contributed by atoms with Crippen molar-refractivity contribution >= 4 is 5.78 Å². The van der Waals surface area contributed by atoms with E-state index in [0.29, 0.717) is 5.56 Å². The van der Waals surface area contributed by atoms with Crippen molar-refractivity contribution in [2.75, 3.05) is 0 Å². The van der Waals surface area contributed by atoms with Crippen LogP contribution < -0.4 is 0 Å². The third kappa shape index (κ3) is 1.98. The van der Waals surface area contributed by atoms with Gasteiger partial charge < -0.3 is 0 Å². The standard InChI is InChI=1S/C13H10FNO/c1-9-4-2-3-5-11(9)13(16)12-7-6-10(14)8-15-12/h2-8H,1H3. The molecule has 0 atom stereocenters. The summed E-state index contributed by atoms with van der Waals surface area (Å²) < 4.78 is 12.7. The van der Waals surface area contributed by atoms with Crippen LogP contribution in [-0.4, -0.2) is 10.8 Å². The molecular formula is C13H10FNO. The van der Waals surface area contributed by atoms with Gasteiger partial charge in [0.05, 0.1) is 6.20 Å². The molecule has 1 aromatic carbocycles. The molecule has 2 aromatic rings. The summed E-state index contributed by atoms with van der Waals surface area (Å²) in [5.41, 5.74) is 1.75. The molecule has 16 heavy (non-hydrogen) atoms. The molecule has 0 bridgehead atoms. The normalized spacial score (nSPS) is 10.1. The third-order valence-corrected chi connectivity index (χ3v) is 2.35. The molecule has 0 spiro atoms. The van der Waals surface area contributed by atoms with Crippen molar-refractivity contribution in [1.29, 1.82) is 0 Å². The zero-order valence-electron chi connectivity index (χ0n) is 8.77. The van der Waals surface area contributed by atoms with E-state index in [1.165, 1.54) is 12.1 Å². The summed E-state index contributed by atoms with van der Waals surface area (Å²) in [6.45, 7) is 1.86. The molecule has 1 heterocycles. The van der Waals surface area contributed by atoms with Crippen molar-refractivity contribution in [3.63, 3.8) is 0 Å². The van der Waals surface area contributed by atoms with E-state index in [0.717, 1.165) is 11.8 Å². The van der Waals surface area contributed by atoms with Crippen molar-refractivity contribution in [3.05, 3.63) is 65.2 Å². The van der Waals surface area contributed by atoms with Crippen LogP contribution >= 0.6 is 0 Å². The van der Waals surface area contributed by atoms with E-state index < -0.39 is 5.82 Å². The molecule has 0 saturated carbocycles. The van der Waals surface area contributed by atoms with Crippen LogP contribution in [0, 0.1) is 12.7 Å². The Morgan fingerprint density at radius 2 is 1.94 bits per heavy atom. The van der Waals surface area contributed by atoms with Gasteiger partial charge in [0.25, 0.3) is 0 Å². The summed E-state index contributed by atoms with van der Waals surface area (Å²) in [6, 6.07) is 9.88. The van der Waals surface area contributed by atoms with Gasteiger partial charge in [0.2, 0.25) is 5.78 Å². The molecule has 2 nitrogen and oxygen atoms in total. The number of aryl methyl sites for hydroxylation is 1. The van der Waals surface area contributed by atoms with Crippen LogP contribution in [0.1, 0.15) is 21.6 Å². The minimum atomic E-state index is -0.443. The monoisotopic (exact) mass is 215 g/mol. The molecule has 1 aromatic heterocycles. The second-order valence-electron chi connectivity index (χ2n) is 3.51. The first kappa shape index (κ1) is 10.5. The first-order valence-electron chi connectivity index (χ1n) is 4.90. The number of hydrogen-bond donors (Lipinski definition) is 0. The van der Waals surface area contributed by atoms with Crippen LogP contribution in [0.5, 0.6) is 0 Å². The highest BCUT2D eigenvalue weighted by Crippen LogP contribution is 2.12. The number of carbonyl (C=O) groups excluding carboxylic acids is 1. The number of pyridine rings is 1. The average Bonchev–Trinajstić information content (AvgIpc) is 2.30. The summed E-state index contributed by atoms with van der Waals surface area (Å²) in [5.74, 6) is -0.626. The Kier molecular flexibility index (Phi) is 2.77. The molecule has 2 rings (SSSR count). The third-order valence-electron chi connectivity index (χ3n) is 2.35. The SMILES string of the molecule is Cc1ccccc1C(=O)c1ccc(F)cn1. The zero-order valence-corrected chi connectivity index (χ0v) is 8.77. The van der Waals surface area contributed by atoms with Gasteiger partial charge >= 0.3 is 0 Å². The van der Waals surface area contributed by atoms with Crippen LogP contribution in [-0.2, 0) is 0 Å². The van der Waals surface area contributed by atoms with Crippen molar-refractivity contribution in [2.45, 2.75) is 6.92 Å². The highest BCUT2D eigenvalue weighted by Gasteiger charge is 2.12. The molecule has 0 unspecified atom stereocenters. The van der Waals surface area contributed by atoms with Gasteiger partial charge in [0.1, 0.15) is 11.5 Å². The van der Waals surface area contributed by atoms with E-state index in [1.54, 1.807) is 12.1 Å². The first-order valence-corrected chi connectivity index (χ1v) is 4.90. The smallest absolute Gasteiger partial charge is 0.211 e. The molecular weight excluding hydrogens is 205 g/mol. The number of hydrogen-bond acceptors (Lipinski definition) is 2. The van der Waals surface area contributed by atoms with Crippen molar-refractivity contribution in [2.24, 2.45) is 0 Å². The van der Waals surface area contributed by atoms with Gasteiger partial charge in [-0.2, -0.15) is 0 Å². The highest BCUT2D eigenvalue weighted by atomic mass is 19.1. The Labute approximate surface area is 92.8 Å². The minimum absolute atomic E-state index is 0.182. The van der Waals surface area contributed by atoms with Gasteiger partial charge in [0, 0.05) is 5.56 Å². The molecule has 0 aliphatic heterocycles. The lowest BCUT2D eigenvalue weighted by molar-refractivity contribution is 0.103. The Balaban J connectivity index is 2.40. The largest absolute Gasteiger partial charge is 0.287 e. The summed E-state index contributed by atoms with van der Waals surface area (Å²) >= 11 is 0. The van der Waals surface area contributed by atoms with E-state index in [4.69, 9.17) is 0 Å². The topological polar surface area (TPSA) is 30.0 Å². The Morgan fingerprint density at radius 3 is 2.56 bits per heavy atom. The molecule has 0 N–H and O–H groups in total. The van der Waals surface area contributed by atoms with Crippen LogP contribution in [0.4, 0.5) is 4.39 Å². The maximum Gasteiger partial charge on any atom is 0.211 e. The van der Waals surface area contributed by atoms with Gasteiger partial charge in [-0.1, -0.05) is 24.3 Å². The van der Waals surface area contributed by atoms with Gasteiger partial charge in [0.15, 0.2) is 0 Å². The van der Waals surface area contributed by atoms with E-state index in [2.05, 4.69) is 4.98 Å². The summed E-state index contributed by atoms with van der Waals surface area (Å²) in [4.78, 5) is 15.8. The van der Waals surface area contributed by atoms with Crippen molar-refractivity contribution in [1.82, 2.24) is 4.98 Å². The van der Waals surface area contributed by atoms with Gasteiger partial charge in [-0.15, -0.1) is 0 Å². The predicted octanol–water partition coefficient (Wildman–Crippen LogP) is 2.76. The number of carbonyl (C=O) groups is 1. The summed E-state index contributed by atoms with van der Waals surface area (Å²) in [5, 5.41) is 0. The fraction of sp³-hybridized carbons (Fsp3) is 0.0769. The quantitative estimate of drug-likeness (QED) is 0.721. The number of benzene rings is 1. The average molecular weight is 215 g/mol. The number of aromatic nitrogens is 1. The molecule has 80 valence electrons. The number of ketones is 1. The number of rotatable bonds is 2. The van der Waals surface area contributed by atoms with E-state index in [9.17, 15) is 9.18 Å². The van der Waals surface area contributed by atoms with Crippen LogP contribution in [0.2, 0.25) is 0 Å². The van der Waals surface area contributed by atoms with E-state index in [-0.39, 0.29) is 11.5 Å². The molecule has 0 aliphatic rings. The lowest BCUT2D eigenvalue weighted by Gasteiger charge is -2.03.